The van der Waals surface area contributed by atoms with Crippen molar-refractivity contribution in [3.63, 3.8) is 0 Å². The summed E-state index contributed by atoms with van der Waals surface area (Å²) in [6.45, 7) is 7.94. The summed E-state index contributed by atoms with van der Waals surface area (Å²) in [5.74, 6) is 0.346. The quantitative estimate of drug-likeness (QED) is 0.628. The highest BCUT2D eigenvalue weighted by atomic mass is 16.5. The molecule has 2 aliphatic rings. The second-order valence-corrected chi connectivity index (χ2v) is 9.11. The molecule has 0 aliphatic heterocycles. The predicted molar refractivity (Wildman–Crippen MR) is 96.7 cm³/mol. The zero-order chi connectivity index (χ0) is 19.3. The normalized spacial score (nSPS) is 23.8. The molecule has 0 atom stereocenters. The second kappa shape index (κ2) is 6.18. The molecule has 1 aromatic heterocycles. The number of aliphatic hydroxyl groups excluding tert-OH is 1. The van der Waals surface area contributed by atoms with Gasteiger partial charge in [-0.3, -0.25) is 9.59 Å². The number of allylic oxidation sites excluding steroid dienone is 2. The maximum Gasteiger partial charge on any atom is 0.168 e. The number of nitrogens with one attached hydrogen (secondary N) is 1. The third-order valence-corrected chi connectivity index (χ3v) is 5.15. The number of aromatic nitrogens is 1. The van der Waals surface area contributed by atoms with Crippen molar-refractivity contribution in [1.82, 2.24) is 5.16 Å². The van der Waals surface area contributed by atoms with Crippen LogP contribution in [0.25, 0.3) is 0 Å². The van der Waals surface area contributed by atoms with E-state index < -0.39 is 0 Å². The number of fused-ring (bicyclic) bond motifs is 1. The van der Waals surface area contributed by atoms with E-state index in [1.54, 1.807) is 0 Å². The molecule has 6 nitrogen and oxygen atoms in total. The van der Waals surface area contributed by atoms with Crippen LogP contribution in [0.1, 0.15) is 75.2 Å². The van der Waals surface area contributed by atoms with Gasteiger partial charge in [-0.05, 0) is 17.3 Å². The first-order valence-corrected chi connectivity index (χ1v) is 9.03. The van der Waals surface area contributed by atoms with Gasteiger partial charge in [0.2, 0.25) is 0 Å². The van der Waals surface area contributed by atoms with Crippen molar-refractivity contribution in [1.29, 1.82) is 5.41 Å². The van der Waals surface area contributed by atoms with Crippen LogP contribution in [0.4, 0.5) is 0 Å². The lowest BCUT2D eigenvalue weighted by Gasteiger charge is -2.30. The molecule has 2 aliphatic carbocycles. The number of aryl methyl sites for hydroxylation is 1. The van der Waals surface area contributed by atoms with E-state index in [0.717, 1.165) is 0 Å². The second-order valence-electron chi connectivity index (χ2n) is 9.11. The number of carbonyl (C=O) groups is 2. The molecule has 0 aromatic carbocycles. The Hall–Kier alpha value is -2.24. The lowest BCUT2D eigenvalue weighted by Crippen LogP contribution is -2.32. The lowest BCUT2D eigenvalue weighted by molar-refractivity contribution is -0.117. The first kappa shape index (κ1) is 18.5. The molecule has 140 valence electrons. The predicted octanol–water partition coefficient (Wildman–Crippen LogP) is 3.98. The van der Waals surface area contributed by atoms with Gasteiger partial charge < -0.3 is 15.0 Å². The first-order valence-electron chi connectivity index (χ1n) is 9.03. The van der Waals surface area contributed by atoms with E-state index in [0.29, 0.717) is 49.1 Å². The molecule has 26 heavy (non-hydrogen) atoms. The van der Waals surface area contributed by atoms with Gasteiger partial charge in [0.05, 0.1) is 16.8 Å². The van der Waals surface area contributed by atoms with Crippen LogP contribution >= 0.6 is 0 Å². The molecule has 0 radical (unpaired) electrons. The van der Waals surface area contributed by atoms with E-state index in [1.165, 1.54) is 0 Å². The van der Waals surface area contributed by atoms with Gasteiger partial charge in [-0.25, -0.2) is 0 Å². The highest BCUT2D eigenvalue weighted by molar-refractivity contribution is 6.23. The zero-order valence-electron chi connectivity index (χ0n) is 15.9. The van der Waals surface area contributed by atoms with Gasteiger partial charge in [0.25, 0.3) is 0 Å². The van der Waals surface area contributed by atoms with Gasteiger partial charge in [0.15, 0.2) is 11.6 Å². The number of nitrogens with zero attached hydrogens (tertiary/aromatic N) is 1. The summed E-state index contributed by atoms with van der Waals surface area (Å²) < 4.78 is 5.36. The van der Waals surface area contributed by atoms with Crippen molar-refractivity contribution in [2.45, 2.75) is 66.2 Å². The monoisotopic (exact) mass is 358 g/mol. The Labute approximate surface area is 153 Å². The molecule has 0 spiro atoms. The smallest absolute Gasteiger partial charge is 0.168 e. The van der Waals surface area contributed by atoms with Gasteiger partial charge in [0, 0.05) is 37.8 Å². The molecule has 1 aromatic rings. The fourth-order valence-electron chi connectivity index (χ4n) is 4.01. The van der Waals surface area contributed by atoms with E-state index in [9.17, 15) is 14.7 Å². The third-order valence-electron chi connectivity index (χ3n) is 5.15. The topological polar surface area (TPSA) is 104 Å². The number of rotatable bonds is 3. The minimum absolute atomic E-state index is 0.0166. The molecule has 0 unspecified atom stereocenters. The van der Waals surface area contributed by atoms with Crippen molar-refractivity contribution in [3.05, 3.63) is 28.3 Å². The van der Waals surface area contributed by atoms with E-state index in [1.807, 2.05) is 27.7 Å². The Balaban J connectivity index is 1.78. The van der Waals surface area contributed by atoms with Gasteiger partial charge >= 0.3 is 0 Å². The van der Waals surface area contributed by atoms with Gasteiger partial charge in [-0.1, -0.05) is 32.9 Å². The van der Waals surface area contributed by atoms with Crippen LogP contribution in [-0.2, 0) is 17.6 Å². The highest BCUT2D eigenvalue weighted by Gasteiger charge is 2.37. The average Bonchev–Trinajstić information content (AvgIpc) is 2.84. The number of hydrogen-bond donors (Lipinski definition) is 2. The number of ketones is 2. The molecule has 0 bridgehead atoms. The Morgan fingerprint density at radius 1 is 1.08 bits per heavy atom. The molecule has 0 amide bonds. The van der Waals surface area contributed by atoms with Crippen molar-refractivity contribution < 1.29 is 19.2 Å². The number of Topliss-reactive ketones (excluding diaryl/α,β-unsaturated/α-hetero) is 2. The summed E-state index contributed by atoms with van der Waals surface area (Å²) in [4.78, 5) is 24.8. The van der Waals surface area contributed by atoms with E-state index in [2.05, 4.69) is 5.16 Å². The van der Waals surface area contributed by atoms with Crippen LogP contribution in [0.3, 0.4) is 0 Å². The molecule has 1 saturated carbocycles. The molecule has 6 heteroatoms. The number of carbonyl (C=O) groups excluding carboxylic acids is 2. The van der Waals surface area contributed by atoms with Crippen molar-refractivity contribution in [2.24, 2.45) is 10.8 Å². The molecule has 3 rings (SSSR count). The fraction of sp³-hybridized carbons (Fsp3) is 0.600. The Kier molecular flexibility index (Phi) is 4.41. The first-order chi connectivity index (χ1) is 12.0. The number of aliphatic hydroxyl groups is 1. The van der Waals surface area contributed by atoms with Crippen molar-refractivity contribution in [3.8, 4) is 0 Å². The molecule has 2 N–H and O–H groups in total. The average molecular weight is 358 g/mol. The molecular weight excluding hydrogens is 332 g/mol. The van der Waals surface area contributed by atoms with Crippen LogP contribution in [0.2, 0.25) is 0 Å². The third kappa shape index (κ3) is 3.50. The van der Waals surface area contributed by atoms with E-state index in [4.69, 9.17) is 9.93 Å². The van der Waals surface area contributed by atoms with Crippen LogP contribution in [0, 0.1) is 16.2 Å². The lowest BCUT2D eigenvalue weighted by atomic mass is 9.73. The molecule has 1 heterocycles. The van der Waals surface area contributed by atoms with Crippen LogP contribution in [0.5, 0.6) is 0 Å². The molecular formula is C20H26N2O4. The fourth-order valence-corrected chi connectivity index (χ4v) is 4.01. The summed E-state index contributed by atoms with van der Waals surface area (Å²) >= 11 is 0. The van der Waals surface area contributed by atoms with Gasteiger partial charge in [-0.15, -0.1) is 0 Å². The van der Waals surface area contributed by atoms with Crippen molar-refractivity contribution >= 4 is 17.3 Å². The summed E-state index contributed by atoms with van der Waals surface area (Å²) in [5, 5.41) is 22.6. The standard InChI is InChI=1S/C20H26N2O4/c1-19(2)7-11(21)17(14(24)8-19)13(23)6-5-12-18-15(25)9-20(3,4)10-16(18)26-22-12/h21,23H,5-10H2,1-4H3/b17-13-,21-11?. The minimum Gasteiger partial charge on any atom is -0.511 e. The SMILES string of the molecule is CC1(C)CC(=N)/C(=C(/O)CCc2noc3c2C(=O)CC(C)(C)C3)C(=O)C1. The summed E-state index contributed by atoms with van der Waals surface area (Å²) in [6.07, 6.45) is 2.36. The highest BCUT2D eigenvalue weighted by Crippen LogP contribution is 2.37. The van der Waals surface area contributed by atoms with Crippen LogP contribution < -0.4 is 0 Å². The van der Waals surface area contributed by atoms with Crippen LogP contribution in [0.15, 0.2) is 15.9 Å². The maximum atomic E-state index is 12.4. The summed E-state index contributed by atoms with van der Waals surface area (Å²) in [6, 6.07) is 0. The Bertz CT molecular complexity index is 805. The summed E-state index contributed by atoms with van der Waals surface area (Å²) in [7, 11) is 0. The van der Waals surface area contributed by atoms with E-state index >= 15 is 0 Å². The van der Waals surface area contributed by atoms with Crippen molar-refractivity contribution in [2.75, 3.05) is 0 Å². The summed E-state index contributed by atoms with van der Waals surface area (Å²) in [5.41, 5.74) is 0.998. The maximum absolute atomic E-state index is 12.4. The number of hydrogen-bond acceptors (Lipinski definition) is 6. The minimum atomic E-state index is -0.248. The Morgan fingerprint density at radius 2 is 1.69 bits per heavy atom. The van der Waals surface area contributed by atoms with Gasteiger partial charge in [0.1, 0.15) is 11.5 Å². The zero-order valence-corrected chi connectivity index (χ0v) is 15.9. The largest absolute Gasteiger partial charge is 0.511 e. The van der Waals surface area contributed by atoms with Crippen LogP contribution in [-0.4, -0.2) is 27.5 Å². The Morgan fingerprint density at radius 3 is 2.35 bits per heavy atom. The van der Waals surface area contributed by atoms with Gasteiger partial charge in [-0.2, -0.15) is 0 Å². The molecule has 0 saturated heterocycles. The van der Waals surface area contributed by atoms with E-state index in [-0.39, 0.29) is 45.9 Å². The molecule has 1 fully saturated rings.